The second-order valence-electron chi connectivity index (χ2n) is 3.89. The van der Waals surface area contributed by atoms with E-state index in [0.717, 1.165) is 0 Å². The molecule has 1 amide bonds. The number of nitrogens with zero attached hydrogens (tertiary/aromatic N) is 4. The number of aromatic nitrogens is 4. The van der Waals surface area contributed by atoms with Gasteiger partial charge in [-0.15, -0.1) is 0 Å². The van der Waals surface area contributed by atoms with Crippen LogP contribution in [0.4, 0.5) is 5.82 Å². The van der Waals surface area contributed by atoms with Gasteiger partial charge in [0, 0.05) is 30.8 Å². The first kappa shape index (κ1) is 12.0. The Hall–Kier alpha value is -2.44. The second-order valence-corrected chi connectivity index (χ2v) is 3.89. The molecule has 0 aromatic carbocycles. The average Bonchev–Trinajstić information content (AvgIpc) is 2.82. The van der Waals surface area contributed by atoms with Gasteiger partial charge < -0.3 is 11.1 Å². The van der Waals surface area contributed by atoms with Gasteiger partial charge in [-0.1, -0.05) is 0 Å². The van der Waals surface area contributed by atoms with Crippen molar-refractivity contribution in [3.8, 4) is 0 Å². The maximum atomic E-state index is 11.9. The van der Waals surface area contributed by atoms with Crippen molar-refractivity contribution in [2.24, 2.45) is 0 Å². The highest BCUT2D eigenvalue weighted by Gasteiger charge is 2.14. The fourth-order valence-electron chi connectivity index (χ4n) is 1.55. The molecular weight excluding hydrogens is 232 g/mol. The minimum atomic E-state index is -0.333. The summed E-state index contributed by atoms with van der Waals surface area (Å²) < 4.78 is 1.74. The third kappa shape index (κ3) is 2.82. The summed E-state index contributed by atoms with van der Waals surface area (Å²) in [6.45, 7) is 2.46. The first-order chi connectivity index (χ1) is 8.66. The molecule has 0 spiro atoms. The monoisotopic (exact) mass is 246 g/mol. The summed E-state index contributed by atoms with van der Waals surface area (Å²) >= 11 is 0. The Morgan fingerprint density at radius 2 is 2.22 bits per heavy atom. The van der Waals surface area contributed by atoms with E-state index in [0.29, 0.717) is 6.54 Å². The van der Waals surface area contributed by atoms with Crippen LogP contribution in [0.2, 0.25) is 0 Å². The first-order valence-electron chi connectivity index (χ1n) is 5.51. The predicted molar refractivity (Wildman–Crippen MR) is 65.6 cm³/mol. The summed E-state index contributed by atoms with van der Waals surface area (Å²) in [5, 5.41) is 6.86. The molecule has 0 bridgehead atoms. The number of carbonyl (C=O) groups excluding carboxylic acids is 1. The molecule has 2 aromatic heterocycles. The summed E-state index contributed by atoms with van der Waals surface area (Å²) in [6.07, 6.45) is 6.40. The van der Waals surface area contributed by atoms with Crippen LogP contribution in [0, 0.1) is 0 Å². The van der Waals surface area contributed by atoms with Crippen molar-refractivity contribution >= 4 is 11.7 Å². The first-order valence-corrected chi connectivity index (χ1v) is 5.51. The highest BCUT2D eigenvalue weighted by Crippen LogP contribution is 2.03. The van der Waals surface area contributed by atoms with Crippen molar-refractivity contribution < 1.29 is 4.79 Å². The number of hydrogen-bond acceptors (Lipinski definition) is 5. The summed E-state index contributed by atoms with van der Waals surface area (Å²) in [7, 11) is 0. The zero-order valence-corrected chi connectivity index (χ0v) is 9.95. The van der Waals surface area contributed by atoms with E-state index < -0.39 is 0 Å². The zero-order chi connectivity index (χ0) is 13.0. The van der Waals surface area contributed by atoms with Gasteiger partial charge in [-0.3, -0.25) is 9.48 Å². The van der Waals surface area contributed by atoms with Crippen LogP contribution in [0.5, 0.6) is 0 Å². The van der Waals surface area contributed by atoms with Gasteiger partial charge in [-0.25, -0.2) is 9.97 Å². The number of rotatable bonds is 4. The van der Waals surface area contributed by atoms with Gasteiger partial charge in [0.1, 0.15) is 0 Å². The van der Waals surface area contributed by atoms with Gasteiger partial charge in [0.05, 0.1) is 6.54 Å². The van der Waals surface area contributed by atoms with Crippen molar-refractivity contribution in [1.82, 2.24) is 25.1 Å². The third-order valence-corrected chi connectivity index (χ3v) is 2.34. The molecule has 1 unspecified atom stereocenters. The Labute approximate surface area is 104 Å². The molecule has 2 rings (SSSR count). The third-order valence-electron chi connectivity index (χ3n) is 2.34. The number of hydrogen-bond donors (Lipinski definition) is 2. The number of anilines is 1. The lowest BCUT2D eigenvalue weighted by Crippen LogP contribution is -2.36. The average molecular weight is 246 g/mol. The number of nitrogens with one attached hydrogen (secondary N) is 1. The number of carbonyl (C=O) groups is 1. The summed E-state index contributed by atoms with van der Waals surface area (Å²) in [5.74, 6) is -0.207. The molecule has 0 aliphatic rings. The number of nitrogen functional groups attached to an aromatic ring is 1. The highest BCUT2D eigenvalue weighted by atomic mass is 16.2. The smallest absolute Gasteiger partial charge is 0.273 e. The van der Waals surface area contributed by atoms with Crippen molar-refractivity contribution in [3.05, 3.63) is 36.5 Å². The molecule has 7 heteroatoms. The number of amides is 1. The molecule has 18 heavy (non-hydrogen) atoms. The topological polar surface area (TPSA) is 98.7 Å². The fraction of sp³-hybridized carbons (Fsp3) is 0.273. The molecule has 0 aliphatic carbocycles. The van der Waals surface area contributed by atoms with Crippen LogP contribution in [-0.4, -0.2) is 31.7 Å². The van der Waals surface area contributed by atoms with E-state index in [1.54, 1.807) is 10.9 Å². The van der Waals surface area contributed by atoms with E-state index in [4.69, 9.17) is 5.73 Å². The lowest BCUT2D eigenvalue weighted by molar-refractivity contribution is 0.0931. The van der Waals surface area contributed by atoms with Gasteiger partial charge in [0.15, 0.2) is 11.5 Å². The molecule has 2 heterocycles. The molecule has 0 saturated carbocycles. The van der Waals surface area contributed by atoms with Crippen LogP contribution in [0.15, 0.2) is 30.9 Å². The van der Waals surface area contributed by atoms with Crippen LogP contribution in [0.3, 0.4) is 0 Å². The molecular formula is C11H14N6O. The van der Waals surface area contributed by atoms with Crippen molar-refractivity contribution in [2.45, 2.75) is 19.5 Å². The van der Waals surface area contributed by atoms with Gasteiger partial charge in [-0.05, 0) is 13.0 Å². The standard InChI is InChI=1S/C11H14N6O/c1-8(7-17-6-2-3-15-17)16-11(18)9-10(12)14-5-4-13-9/h2-6,8H,7H2,1H3,(H2,12,14)(H,16,18). The SMILES string of the molecule is CC(Cn1cccn1)NC(=O)c1nccnc1N. The van der Waals surface area contributed by atoms with E-state index in [9.17, 15) is 4.79 Å². The Morgan fingerprint density at radius 3 is 2.89 bits per heavy atom. The van der Waals surface area contributed by atoms with E-state index in [1.165, 1.54) is 12.4 Å². The van der Waals surface area contributed by atoms with Crippen LogP contribution in [0.25, 0.3) is 0 Å². The molecule has 7 nitrogen and oxygen atoms in total. The zero-order valence-electron chi connectivity index (χ0n) is 9.95. The summed E-state index contributed by atoms with van der Waals surface area (Å²) in [5.41, 5.74) is 5.72. The second kappa shape index (κ2) is 5.26. The lowest BCUT2D eigenvalue weighted by Gasteiger charge is -2.13. The molecule has 0 radical (unpaired) electrons. The van der Waals surface area contributed by atoms with E-state index in [1.807, 2.05) is 19.2 Å². The van der Waals surface area contributed by atoms with Crippen LogP contribution in [0.1, 0.15) is 17.4 Å². The van der Waals surface area contributed by atoms with E-state index >= 15 is 0 Å². The van der Waals surface area contributed by atoms with Gasteiger partial charge in [0.25, 0.3) is 5.91 Å². The maximum Gasteiger partial charge on any atom is 0.273 e. The molecule has 1 atom stereocenters. The molecule has 2 aromatic rings. The lowest BCUT2D eigenvalue weighted by atomic mass is 10.3. The minimum absolute atomic E-state index is 0.0844. The molecule has 0 saturated heterocycles. The Morgan fingerprint density at radius 1 is 1.44 bits per heavy atom. The predicted octanol–water partition coefficient (Wildman–Crippen LogP) is 0.0738. The van der Waals surface area contributed by atoms with Crippen molar-refractivity contribution in [2.75, 3.05) is 5.73 Å². The number of nitrogens with two attached hydrogens (primary N) is 1. The van der Waals surface area contributed by atoms with Gasteiger partial charge in [-0.2, -0.15) is 5.10 Å². The van der Waals surface area contributed by atoms with Gasteiger partial charge >= 0.3 is 0 Å². The van der Waals surface area contributed by atoms with E-state index in [-0.39, 0.29) is 23.5 Å². The highest BCUT2D eigenvalue weighted by molar-refractivity contribution is 5.96. The molecule has 94 valence electrons. The molecule has 3 N–H and O–H groups in total. The van der Waals surface area contributed by atoms with Crippen LogP contribution < -0.4 is 11.1 Å². The normalized spacial score (nSPS) is 12.1. The molecule has 0 fully saturated rings. The quantitative estimate of drug-likeness (QED) is 0.795. The summed E-state index contributed by atoms with van der Waals surface area (Å²) in [4.78, 5) is 19.6. The van der Waals surface area contributed by atoms with Crippen LogP contribution >= 0.6 is 0 Å². The fourth-order valence-corrected chi connectivity index (χ4v) is 1.55. The Kier molecular flexibility index (Phi) is 3.52. The van der Waals surface area contributed by atoms with E-state index in [2.05, 4.69) is 20.4 Å². The van der Waals surface area contributed by atoms with Crippen LogP contribution in [-0.2, 0) is 6.54 Å². The van der Waals surface area contributed by atoms with Crippen molar-refractivity contribution in [1.29, 1.82) is 0 Å². The Bertz CT molecular complexity index is 524. The van der Waals surface area contributed by atoms with Gasteiger partial charge in [0.2, 0.25) is 0 Å². The molecule has 0 aliphatic heterocycles. The maximum absolute atomic E-state index is 11.9. The minimum Gasteiger partial charge on any atom is -0.382 e. The van der Waals surface area contributed by atoms with Crippen molar-refractivity contribution in [3.63, 3.8) is 0 Å². The largest absolute Gasteiger partial charge is 0.382 e. The Balaban J connectivity index is 1.97. The summed E-state index contributed by atoms with van der Waals surface area (Å²) in [6, 6.07) is 1.74.